The lowest BCUT2D eigenvalue weighted by Crippen LogP contribution is -2.30. The highest BCUT2D eigenvalue weighted by Gasteiger charge is 2.15. The van der Waals surface area contributed by atoms with Crippen LogP contribution in [0.15, 0.2) is 59.8 Å². The SMILES string of the molecule is CCN(CC)C(=O)c1ccc(NC(=O)c2ccccc2CSc2nc3nc(C)cc(C)n3n2)cc1. The van der Waals surface area contributed by atoms with Crippen molar-refractivity contribution < 1.29 is 9.59 Å². The quantitative estimate of drug-likeness (QED) is 0.359. The zero-order valence-corrected chi connectivity index (χ0v) is 21.1. The van der Waals surface area contributed by atoms with Gasteiger partial charge in [0.25, 0.3) is 17.6 Å². The number of fused-ring (bicyclic) bond motifs is 1. The summed E-state index contributed by atoms with van der Waals surface area (Å²) in [4.78, 5) is 36.3. The van der Waals surface area contributed by atoms with E-state index in [1.165, 1.54) is 11.8 Å². The lowest BCUT2D eigenvalue weighted by Gasteiger charge is -2.18. The number of rotatable bonds is 8. The van der Waals surface area contributed by atoms with E-state index in [-0.39, 0.29) is 11.8 Å². The molecule has 2 aromatic heterocycles. The minimum atomic E-state index is -0.208. The maximum Gasteiger partial charge on any atom is 0.255 e. The number of nitrogens with one attached hydrogen (secondary N) is 1. The lowest BCUT2D eigenvalue weighted by molar-refractivity contribution is 0.0773. The number of nitrogens with zero attached hydrogens (tertiary/aromatic N) is 5. The van der Waals surface area contributed by atoms with E-state index in [0.29, 0.717) is 46.6 Å². The van der Waals surface area contributed by atoms with Crippen LogP contribution in [-0.2, 0) is 5.75 Å². The molecular formula is C26H28N6O2S. The van der Waals surface area contributed by atoms with E-state index in [1.807, 2.05) is 52.0 Å². The van der Waals surface area contributed by atoms with Gasteiger partial charge in [-0.25, -0.2) is 9.50 Å². The molecule has 4 rings (SSSR count). The standard InChI is InChI=1S/C26H28N6O2S/c1-5-31(6-2)24(34)19-11-13-21(14-12-19)28-23(33)22-10-8-7-9-20(22)16-35-26-29-25-27-17(3)15-18(4)32(25)30-26/h7-15H,5-6,16H2,1-4H3,(H,28,33). The summed E-state index contributed by atoms with van der Waals surface area (Å²) in [6.07, 6.45) is 0. The van der Waals surface area contributed by atoms with Crippen molar-refractivity contribution in [3.8, 4) is 0 Å². The molecule has 180 valence electrons. The molecule has 0 atom stereocenters. The lowest BCUT2D eigenvalue weighted by atomic mass is 10.1. The van der Waals surface area contributed by atoms with E-state index in [9.17, 15) is 9.59 Å². The molecule has 9 heteroatoms. The first kappa shape index (κ1) is 24.4. The molecule has 0 aliphatic heterocycles. The summed E-state index contributed by atoms with van der Waals surface area (Å²) in [5, 5.41) is 8.08. The van der Waals surface area contributed by atoms with E-state index in [2.05, 4.69) is 20.4 Å². The summed E-state index contributed by atoms with van der Waals surface area (Å²) in [7, 11) is 0. The van der Waals surface area contributed by atoms with Crippen molar-refractivity contribution >= 4 is 35.0 Å². The van der Waals surface area contributed by atoms with Crippen molar-refractivity contribution in [3.05, 3.63) is 82.7 Å². The molecule has 0 bridgehead atoms. The molecule has 0 unspecified atom stereocenters. The molecule has 0 saturated heterocycles. The van der Waals surface area contributed by atoms with E-state index >= 15 is 0 Å². The summed E-state index contributed by atoms with van der Waals surface area (Å²) < 4.78 is 1.72. The van der Waals surface area contributed by atoms with Crippen LogP contribution in [0.1, 0.15) is 51.5 Å². The van der Waals surface area contributed by atoms with E-state index in [4.69, 9.17) is 0 Å². The highest BCUT2D eigenvalue weighted by molar-refractivity contribution is 7.98. The smallest absolute Gasteiger partial charge is 0.255 e. The Bertz CT molecular complexity index is 1360. The van der Waals surface area contributed by atoms with Crippen LogP contribution < -0.4 is 5.32 Å². The molecule has 0 fully saturated rings. The molecule has 2 heterocycles. The Morgan fingerprint density at radius 2 is 1.71 bits per heavy atom. The topological polar surface area (TPSA) is 92.5 Å². The highest BCUT2D eigenvalue weighted by atomic mass is 32.2. The molecule has 0 aliphatic rings. The molecule has 35 heavy (non-hydrogen) atoms. The number of amides is 2. The fourth-order valence-electron chi connectivity index (χ4n) is 3.81. The van der Waals surface area contributed by atoms with Crippen LogP contribution >= 0.6 is 11.8 Å². The number of benzene rings is 2. The average Bonchev–Trinajstić information content (AvgIpc) is 3.27. The predicted octanol–water partition coefficient (Wildman–Crippen LogP) is 4.77. The predicted molar refractivity (Wildman–Crippen MR) is 138 cm³/mol. The zero-order chi connectivity index (χ0) is 24.9. The highest BCUT2D eigenvalue weighted by Crippen LogP contribution is 2.23. The van der Waals surface area contributed by atoms with Crippen molar-refractivity contribution in [2.24, 2.45) is 0 Å². The number of aromatic nitrogens is 4. The Morgan fingerprint density at radius 1 is 1.00 bits per heavy atom. The fourth-order valence-corrected chi connectivity index (χ4v) is 4.63. The van der Waals surface area contributed by atoms with Gasteiger partial charge in [0, 0.05) is 47.0 Å². The first-order chi connectivity index (χ1) is 16.9. The summed E-state index contributed by atoms with van der Waals surface area (Å²) in [5.74, 6) is 0.880. The Labute approximate surface area is 208 Å². The van der Waals surface area contributed by atoms with Crippen LogP contribution in [0.5, 0.6) is 0 Å². The Balaban J connectivity index is 1.45. The minimum absolute atomic E-state index is 0.0173. The second kappa shape index (κ2) is 10.7. The van der Waals surface area contributed by atoms with Gasteiger partial charge in [0.1, 0.15) is 0 Å². The van der Waals surface area contributed by atoms with Gasteiger partial charge in [-0.05, 0) is 69.7 Å². The second-order valence-electron chi connectivity index (χ2n) is 8.10. The van der Waals surface area contributed by atoms with Gasteiger partial charge in [-0.1, -0.05) is 30.0 Å². The zero-order valence-electron chi connectivity index (χ0n) is 20.3. The largest absolute Gasteiger partial charge is 0.339 e. The van der Waals surface area contributed by atoms with Gasteiger partial charge in [-0.2, -0.15) is 4.98 Å². The second-order valence-corrected chi connectivity index (χ2v) is 9.04. The number of thioether (sulfide) groups is 1. The van der Waals surface area contributed by atoms with E-state index < -0.39 is 0 Å². The third-order valence-corrected chi connectivity index (χ3v) is 6.54. The Hall–Kier alpha value is -3.72. The van der Waals surface area contributed by atoms with Gasteiger partial charge in [0.2, 0.25) is 5.16 Å². The van der Waals surface area contributed by atoms with Gasteiger partial charge >= 0.3 is 0 Å². The van der Waals surface area contributed by atoms with Gasteiger partial charge in [0.15, 0.2) is 0 Å². The number of hydrogen-bond donors (Lipinski definition) is 1. The monoisotopic (exact) mass is 488 g/mol. The third kappa shape index (κ3) is 5.51. The van der Waals surface area contributed by atoms with Crippen LogP contribution in [0.25, 0.3) is 5.78 Å². The molecule has 0 radical (unpaired) electrons. The van der Waals surface area contributed by atoms with Crippen LogP contribution in [-0.4, -0.2) is 49.4 Å². The van der Waals surface area contributed by atoms with Crippen molar-refractivity contribution in [1.82, 2.24) is 24.5 Å². The molecule has 8 nitrogen and oxygen atoms in total. The van der Waals surface area contributed by atoms with Crippen molar-refractivity contribution in [1.29, 1.82) is 0 Å². The average molecular weight is 489 g/mol. The Morgan fingerprint density at radius 3 is 2.43 bits per heavy atom. The van der Waals surface area contributed by atoms with Crippen molar-refractivity contribution in [3.63, 3.8) is 0 Å². The molecule has 4 aromatic rings. The van der Waals surface area contributed by atoms with Gasteiger partial charge in [0.05, 0.1) is 0 Å². The number of anilines is 1. The molecule has 1 N–H and O–H groups in total. The Kier molecular flexibility index (Phi) is 7.45. The maximum atomic E-state index is 13.0. The normalized spacial score (nSPS) is 11.0. The number of aryl methyl sites for hydroxylation is 2. The number of carbonyl (C=O) groups is 2. The maximum absolute atomic E-state index is 13.0. The van der Waals surface area contributed by atoms with E-state index in [0.717, 1.165) is 17.0 Å². The first-order valence-corrected chi connectivity index (χ1v) is 12.5. The van der Waals surface area contributed by atoms with Crippen LogP contribution in [0.4, 0.5) is 5.69 Å². The molecule has 0 aliphatic carbocycles. The summed E-state index contributed by atoms with van der Waals surface area (Å²) >= 11 is 1.46. The fraction of sp³-hybridized carbons (Fsp3) is 0.269. The van der Waals surface area contributed by atoms with Crippen molar-refractivity contribution in [2.75, 3.05) is 18.4 Å². The van der Waals surface area contributed by atoms with Crippen LogP contribution in [0, 0.1) is 13.8 Å². The van der Waals surface area contributed by atoms with Crippen molar-refractivity contribution in [2.45, 2.75) is 38.6 Å². The molecule has 2 aromatic carbocycles. The summed E-state index contributed by atoms with van der Waals surface area (Å²) in [6, 6.07) is 16.4. The molecule has 0 saturated carbocycles. The minimum Gasteiger partial charge on any atom is -0.339 e. The number of carbonyl (C=O) groups excluding carboxylic acids is 2. The van der Waals surface area contributed by atoms with E-state index in [1.54, 1.807) is 39.7 Å². The molecular weight excluding hydrogens is 460 g/mol. The summed E-state index contributed by atoms with van der Waals surface area (Å²) in [5.41, 5.74) is 4.55. The third-order valence-electron chi connectivity index (χ3n) is 5.66. The molecule has 2 amide bonds. The van der Waals surface area contributed by atoms with Gasteiger partial charge in [-0.15, -0.1) is 5.10 Å². The number of hydrogen-bond acceptors (Lipinski definition) is 6. The summed E-state index contributed by atoms with van der Waals surface area (Å²) in [6.45, 7) is 9.12. The van der Waals surface area contributed by atoms with Crippen LogP contribution in [0.3, 0.4) is 0 Å². The van der Waals surface area contributed by atoms with Crippen LogP contribution in [0.2, 0.25) is 0 Å². The first-order valence-electron chi connectivity index (χ1n) is 11.5. The van der Waals surface area contributed by atoms with Gasteiger partial charge in [-0.3, -0.25) is 9.59 Å². The van der Waals surface area contributed by atoms with Gasteiger partial charge < -0.3 is 10.2 Å². The molecule has 0 spiro atoms.